The van der Waals surface area contributed by atoms with E-state index in [2.05, 4.69) is 50.5 Å². The van der Waals surface area contributed by atoms with Gasteiger partial charge in [0, 0.05) is 30.0 Å². The molecule has 3 rings (SSSR count). The van der Waals surface area contributed by atoms with Gasteiger partial charge in [-0.3, -0.25) is 0 Å². The van der Waals surface area contributed by atoms with Crippen LogP contribution in [0.4, 0.5) is 0 Å². The number of rotatable bonds is 4. The molecule has 1 unspecified atom stereocenters. The maximum absolute atomic E-state index is 5.74. The summed E-state index contributed by atoms with van der Waals surface area (Å²) in [6.45, 7) is 3.61. The van der Waals surface area contributed by atoms with E-state index in [1.807, 2.05) is 11.6 Å². The van der Waals surface area contributed by atoms with Gasteiger partial charge in [-0.05, 0) is 24.6 Å². The number of halogens is 1. The van der Waals surface area contributed by atoms with E-state index in [0.29, 0.717) is 0 Å². The van der Waals surface area contributed by atoms with E-state index in [1.165, 1.54) is 11.1 Å². The number of aromatic nitrogens is 3. The van der Waals surface area contributed by atoms with Gasteiger partial charge < -0.3 is 14.6 Å². The standard InChI is InChI=1S/C14H17BrN4O/c1-9(14-18-17-8-19(14)2)16-7-11-6-12(15)5-10-3-4-20-13(10)11/h5-6,8-9,16H,3-4,7H2,1-2H3. The highest BCUT2D eigenvalue weighted by Gasteiger charge is 2.18. The zero-order chi connectivity index (χ0) is 14.1. The molecule has 20 heavy (non-hydrogen) atoms. The summed E-state index contributed by atoms with van der Waals surface area (Å²) in [5.41, 5.74) is 2.46. The second-order valence-corrected chi connectivity index (χ2v) is 5.97. The molecule has 0 saturated heterocycles. The van der Waals surface area contributed by atoms with Gasteiger partial charge >= 0.3 is 0 Å². The number of hydrogen-bond acceptors (Lipinski definition) is 4. The molecule has 6 heteroatoms. The first-order valence-corrected chi connectivity index (χ1v) is 7.46. The van der Waals surface area contributed by atoms with Crippen LogP contribution in [0.2, 0.25) is 0 Å². The van der Waals surface area contributed by atoms with Crippen LogP contribution in [-0.4, -0.2) is 21.4 Å². The van der Waals surface area contributed by atoms with Crippen LogP contribution in [0.1, 0.15) is 29.9 Å². The normalized spacial score (nSPS) is 14.9. The first-order chi connectivity index (χ1) is 9.65. The summed E-state index contributed by atoms with van der Waals surface area (Å²) in [6, 6.07) is 4.39. The van der Waals surface area contributed by atoms with Crippen molar-refractivity contribution in [2.75, 3.05) is 6.61 Å². The Labute approximate surface area is 126 Å². The lowest BCUT2D eigenvalue weighted by Crippen LogP contribution is -2.21. The number of ether oxygens (including phenoxy) is 1. The van der Waals surface area contributed by atoms with Gasteiger partial charge in [0.15, 0.2) is 0 Å². The van der Waals surface area contributed by atoms with Crippen molar-refractivity contribution in [3.63, 3.8) is 0 Å². The van der Waals surface area contributed by atoms with Gasteiger partial charge in [-0.2, -0.15) is 0 Å². The zero-order valence-electron chi connectivity index (χ0n) is 11.6. The third-order valence-corrected chi connectivity index (χ3v) is 4.02. The maximum Gasteiger partial charge on any atom is 0.149 e. The summed E-state index contributed by atoms with van der Waals surface area (Å²) >= 11 is 3.56. The molecular weight excluding hydrogens is 320 g/mol. The maximum atomic E-state index is 5.74. The molecular formula is C14H17BrN4O. The van der Waals surface area contributed by atoms with Gasteiger partial charge in [-0.25, -0.2) is 0 Å². The van der Waals surface area contributed by atoms with E-state index in [9.17, 15) is 0 Å². The fraction of sp³-hybridized carbons (Fsp3) is 0.429. The molecule has 1 N–H and O–H groups in total. The summed E-state index contributed by atoms with van der Waals surface area (Å²) < 4.78 is 8.77. The molecule has 0 amide bonds. The van der Waals surface area contributed by atoms with Crippen LogP contribution in [0.3, 0.4) is 0 Å². The Morgan fingerprint density at radius 3 is 3.10 bits per heavy atom. The summed E-state index contributed by atoms with van der Waals surface area (Å²) in [5, 5.41) is 11.5. The molecule has 1 aromatic carbocycles. The van der Waals surface area contributed by atoms with Gasteiger partial charge in [0.25, 0.3) is 0 Å². The summed E-state index contributed by atoms with van der Waals surface area (Å²) in [4.78, 5) is 0. The van der Waals surface area contributed by atoms with Crippen molar-refractivity contribution in [1.29, 1.82) is 0 Å². The van der Waals surface area contributed by atoms with Crippen LogP contribution in [-0.2, 0) is 20.0 Å². The molecule has 2 aromatic rings. The molecule has 2 heterocycles. The third kappa shape index (κ3) is 2.58. The second kappa shape index (κ2) is 5.54. The molecule has 0 saturated carbocycles. The lowest BCUT2D eigenvalue weighted by Gasteiger charge is -2.15. The van der Waals surface area contributed by atoms with Crippen LogP contribution in [0.15, 0.2) is 22.9 Å². The molecule has 0 radical (unpaired) electrons. The lowest BCUT2D eigenvalue weighted by molar-refractivity contribution is 0.351. The fourth-order valence-corrected chi connectivity index (χ4v) is 3.07. The van der Waals surface area contributed by atoms with Crippen LogP contribution in [0, 0.1) is 0 Å². The van der Waals surface area contributed by atoms with E-state index < -0.39 is 0 Å². The monoisotopic (exact) mass is 336 g/mol. The molecule has 0 fully saturated rings. The minimum Gasteiger partial charge on any atom is -0.493 e. The highest BCUT2D eigenvalue weighted by Crippen LogP contribution is 2.33. The summed E-state index contributed by atoms with van der Waals surface area (Å²) in [6.07, 6.45) is 2.70. The number of benzene rings is 1. The molecule has 1 aliphatic heterocycles. The third-order valence-electron chi connectivity index (χ3n) is 3.56. The van der Waals surface area contributed by atoms with Crippen LogP contribution in [0.25, 0.3) is 0 Å². The van der Waals surface area contributed by atoms with Crippen molar-refractivity contribution >= 4 is 15.9 Å². The molecule has 1 aliphatic rings. The number of nitrogens with zero attached hydrogens (tertiary/aromatic N) is 3. The van der Waals surface area contributed by atoms with Gasteiger partial charge in [-0.1, -0.05) is 15.9 Å². The van der Waals surface area contributed by atoms with Crippen molar-refractivity contribution < 1.29 is 4.74 Å². The van der Waals surface area contributed by atoms with E-state index >= 15 is 0 Å². The minimum atomic E-state index is 0.138. The Balaban J connectivity index is 1.75. The van der Waals surface area contributed by atoms with Gasteiger partial charge in [-0.15, -0.1) is 10.2 Å². The average Bonchev–Trinajstić information content (AvgIpc) is 3.03. The molecule has 1 aromatic heterocycles. The average molecular weight is 337 g/mol. The predicted molar refractivity (Wildman–Crippen MR) is 79.6 cm³/mol. The second-order valence-electron chi connectivity index (χ2n) is 5.05. The van der Waals surface area contributed by atoms with Gasteiger partial charge in [0.05, 0.1) is 12.6 Å². The van der Waals surface area contributed by atoms with E-state index in [4.69, 9.17) is 4.74 Å². The highest BCUT2D eigenvalue weighted by atomic mass is 79.9. The fourth-order valence-electron chi connectivity index (χ4n) is 2.52. The predicted octanol–water partition coefficient (Wildman–Crippen LogP) is 2.36. The van der Waals surface area contributed by atoms with Crippen molar-refractivity contribution in [2.45, 2.75) is 25.9 Å². The quantitative estimate of drug-likeness (QED) is 0.931. The molecule has 0 spiro atoms. The first-order valence-electron chi connectivity index (χ1n) is 6.66. The van der Waals surface area contributed by atoms with Gasteiger partial charge in [0.2, 0.25) is 0 Å². The number of aryl methyl sites for hydroxylation is 1. The Bertz CT molecular complexity index is 626. The lowest BCUT2D eigenvalue weighted by atomic mass is 10.1. The SMILES string of the molecule is CC(NCc1cc(Br)cc2c1OCC2)c1nncn1C. The minimum absolute atomic E-state index is 0.138. The number of nitrogens with one attached hydrogen (secondary N) is 1. The zero-order valence-corrected chi connectivity index (χ0v) is 13.1. The van der Waals surface area contributed by atoms with Crippen LogP contribution in [0.5, 0.6) is 5.75 Å². The molecule has 0 bridgehead atoms. The topological polar surface area (TPSA) is 52.0 Å². The summed E-state index contributed by atoms with van der Waals surface area (Å²) in [5.74, 6) is 1.96. The smallest absolute Gasteiger partial charge is 0.149 e. The van der Waals surface area contributed by atoms with E-state index in [0.717, 1.165) is 35.6 Å². The molecule has 0 aliphatic carbocycles. The van der Waals surface area contributed by atoms with Crippen molar-refractivity contribution in [3.05, 3.63) is 39.9 Å². The van der Waals surface area contributed by atoms with Crippen LogP contribution < -0.4 is 10.1 Å². The van der Waals surface area contributed by atoms with Crippen molar-refractivity contribution in [2.24, 2.45) is 7.05 Å². The van der Waals surface area contributed by atoms with Crippen LogP contribution >= 0.6 is 15.9 Å². The summed E-state index contributed by atoms with van der Waals surface area (Å²) in [7, 11) is 1.95. The Morgan fingerprint density at radius 1 is 1.50 bits per heavy atom. The first kappa shape index (κ1) is 13.6. The van der Waals surface area contributed by atoms with E-state index in [-0.39, 0.29) is 6.04 Å². The van der Waals surface area contributed by atoms with E-state index in [1.54, 1.807) is 6.33 Å². The molecule has 5 nitrogen and oxygen atoms in total. The number of fused-ring (bicyclic) bond motifs is 1. The van der Waals surface area contributed by atoms with Crippen molar-refractivity contribution in [3.8, 4) is 5.75 Å². The largest absolute Gasteiger partial charge is 0.493 e. The Hall–Kier alpha value is -1.40. The van der Waals surface area contributed by atoms with Gasteiger partial charge in [0.1, 0.15) is 17.9 Å². The highest BCUT2D eigenvalue weighted by molar-refractivity contribution is 9.10. The molecule has 106 valence electrons. The Morgan fingerprint density at radius 2 is 2.35 bits per heavy atom. The van der Waals surface area contributed by atoms with Crippen molar-refractivity contribution in [1.82, 2.24) is 20.1 Å². The number of hydrogen-bond donors (Lipinski definition) is 1. The Kier molecular flexibility index (Phi) is 3.76. The molecule has 1 atom stereocenters.